The summed E-state index contributed by atoms with van der Waals surface area (Å²) >= 11 is 0. The number of hydrogen-bond acceptors (Lipinski definition) is 2. The van der Waals surface area contributed by atoms with Gasteiger partial charge in [-0.2, -0.15) is 0 Å². The lowest BCUT2D eigenvalue weighted by Crippen LogP contribution is -2.43. The molecule has 6 heteroatoms. The highest BCUT2D eigenvalue weighted by Crippen LogP contribution is 2.11. The molecule has 1 aromatic rings. The Morgan fingerprint density at radius 2 is 1.87 bits per heavy atom. The summed E-state index contributed by atoms with van der Waals surface area (Å²) in [7, 11) is 1.71. The van der Waals surface area contributed by atoms with E-state index in [0.717, 1.165) is 19.2 Å². The fourth-order valence-corrected chi connectivity index (χ4v) is 2.79. The Morgan fingerprint density at radius 1 is 1.13 bits per heavy atom. The number of rotatable bonds is 6. The fourth-order valence-electron chi connectivity index (χ4n) is 2.79. The van der Waals surface area contributed by atoms with Gasteiger partial charge in [-0.05, 0) is 44.0 Å². The third kappa shape index (κ3) is 5.78. The summed E-state index contributed by atoms with van der Waals surface area (Å²) in [6, 6.07) is 4.26. The van der Waals surface area contributed by atoms with Crippen molar-refractivity contribution in [2.24, 2.45) is 4.99 Å². The van der Waals surface area contributed by atoms with Crippen LogP contribution in [0.4, 0.5) is 8.78 Å². The van der Waals surface area contributed by atoms with Gasteiger partial charge in [0, 0.05) is 26.7 Å². The standard InChI is InChI=1S/C17H26F2N4/c1-20-17(22-10-13-23-11-3-2-4-12-23)21-9-8-14-6-5-7-15(18)16(14)19/h5-7H,2-4,8-13H2,1H3,(H2,20,21,22). The summed E-state index contributed by atoms with van der Waals surface area (Å²) < 4.78 is 26.7. The SMILES string of the molecule is CN=C(NCCc1cccc(F)c1F)NCCN1CCCCC1. The van der Waals surface area contributed by atoms with Gasteiger partial charge in [-0.3, -0.25) is 4.99 Å². The zero-order chi connectivity index (χ0) is 16.5. The summed E-state index contributed by atoms with van der Waals surface area (Å²) in [4.78, 5) is 6.60. The van der Waals surface area contributed by atoms with Gasteiger partial charge in [0.2, 0.25) is 0 Å². The average molecular weight is 324 g/mol. The Hall–Kier alpha value is -1.69. The molecule has 128 valence electrons. The maximum absolute atomic E-state index is 13.6. The molecule has 1 heterocycles. The Labute approximate surface area is 137 Å². The molecule has 1 aromatic carbocycles. The molecule has 0 unspecified atom stereocenters. The molecule has 2 rings (SSSR count). The van der Waals surface area contributed by atoms with Gasteiger partial charge < -0.3 is 15.5 Å². The smallest absolute Gasteiger partial charge is 0.191 e. The van der Waals surface area contributed by atoms with E-state index < -0.39 is 11.6 Å². The largest absolute Gasteiger partial charge is 0.356 e. The molecule has 0 aliphatic carbocycles. The van der Waals surface area contributed by atoms with Gasteiger partial charge in [-0.25, -0.2) is 8.78 Å². The van der Waals surface area contributed by atoms with E-state index in [2.05, 4.69) is 20.5 Å². The van der Waals surface area contributed by atoms with Crippen LogP contribution in [0.25, 0.3) is 0 Å². The second-order valence-electron chi connectivity index (χ2n) is 5.79. The quantitative estimate of drug-likeness (QED) is 0.622. The van der Waals surface area contributed by atoms with Crippen LogP contribution in [0.5, 0.6) is 0 Å². The van der Waals surface area contributed by atoms with E-state index in [0.29, 0.717) is 24.5 Å². The second kappa shape index (κ2) is 9.45. The van der Waals surface area contributed by atoms with Gasteiger partial charge in [-0.15, -0.1) is 0 Å². The van der Waals surface area contributed by atoms with Crippen molar-refractivity contribution in [3.63, 3.8) is 0 Å². The first-order chi connectivity index (χ1) is 11.2. The van der Waals surface area contributed by atoms with Gasteiger partial charge >= 0.3 is 0 Å². The van der Waals surface area contributed by atoms with Crippen LogP contribution in [0.2, 0.25) is 0 Å². The minimum Gasteiger partial charge on any atom is -0.356 e. The number of likely N-dealkylation sites (tertiary alicyclic amines) is 1. The molecule has 1 aliphatic rings. The van der Waals surface area contributed by atoms with Crippen molar-refractivity contribution in [2.45, 2.75) is 25.7 Å². The van der Waals surface area contributed by atoms with Crippen molar-refractivity contribution in [1.29, 1.82) is 0 Å². The number of benzene rings is 1. The molecule has 23 heavy (non-hydrogen) atoms. The zero-order valence-corrected chi connectivity index (χ0v) is 13.7. The lowest BCUT2D eigenvalue weighted by atomic mass is 10.1. The van der Waals surface area contributed by atoms with E-state index in [-0.39, 0.29) is 0 Å². The number of piperidine rings is 1. The predicted molar refractivity (Wildman–Crippen MR) is 89.7 cm³/mol. The monoisotopic (exact) mass is 324 g/mol. The predicted octanol–water partition coefficient (Wildman–Crippen LogP) is 2.16. The van der Waals surface area contributed by atoms with Crippen LogP contribution in [-0.2, 0) is 6.42 Å². The van der Waals surface area contributed by atoms with Crippen molar-refractivity contribution in [2.75, 3.05) is 39.8 Å². The highest BCUT2D eigenvalue weighted by Gasteiger charge is 2.10. The third-order valence-electron chi connectivity index (χ3n) is 4.11. The highest BCUT2D eigenvalue weighted by atomic mass is 19.2. The molecule has 1 saturated heterocycles. The third-order valence-corrected chi connectivity index (χ3v) is 4.11. The molecule has 0 spiro atoms. The lowest BCUT2D eigenvalue weighted by Gasteiger charge is -2.26. The number of hydrogen-bond donors (Lipinski definition) is 2. The number of guanidine groups is 1. The summed E-state index contributed by atoms with van der Waals surface area (Å²) in [6.07, 6.45) is 4.32. The molecule has 1 fully saturated rings. The van der Waals surface area contributed by atoms with Gasteiger partial charge in [0.1, 0.15) is 0 Å². The van der Waals surface area contributed by atoms with Crippen molar-refractivity contribution in [1.82, 2.24) is 15.5 Å². The second-order valence-corrected chi connectivity index (χ2v) is 5.79. The van der Waals surface area contributed by atoms with E-state index in [9.17, 15) is 8.78 Å². The number of halogens is 2. The summed E-state index contributed by atoms with van der Waals surface area (Å²) in [5, 5.41) is 6.39. The molecule has 0 aromatic heterocycles. The molecule has 0 bridgehead atoms. The van der Waals surface area contributed by atoms with E-state index in [4.69, 9.17) is 0 Å². The molecular formula is C17H26F2N4. The molecule has 0 radical (unpaired) electrons. The fraction of sp³-hybridized carbons (Fsp3) is 0.588. The summed E-state index contributed by atoms with van der Waals surface area (Å²) in [6.45, 7) is 4.68. The van der Waals surface area contributed by atoms with E-state index in [1.54, 1.807) is 13.1 Å². The minimum atomic E-state index is -0.800. The van der Waals surface area contributed by atoms with Gasteiger partial charge in [-0.1, -0.05) is 18.6 Å². The number of aliphatic imine (C=N–C) groups is 1. The first kappa shape index (κ1) is 17.7. The molecule has 1 aliphatic heterocycles. The highest BCUT2D eigenvalue weighted by molar-refractivity contribution is 5.79. The maximum Gasteiger partial charge on any atom is 0.191 e. The van der Waals surface area contributed by atoms with Crippen LogP contribution in [0.15, 0.2) is 23.2 Å². The van der Waals surface area contributed by atoms with Gasteiger partial charge in [0.25, 0.3) is 0 Å². The Balaban J connectivity index is 1.67. The topological polar surface area (TPSA) is 39.7 Å². The molecule has 2 N–H and O–H groups in total. The van der Waals surface area contributed by atoms with Crippen molar-refractivity contribution >= 4 is 5.96 Å². The van der Waals surface area contributed by atoms with Crippen LogP contribution >= 0.6 is 0 Å². The summed E-state index contributed by atoms with van der Waals surface area (Å²) in [5.41, 5.74) is 0.376. The Bertz CT molecular complexity index is 513. The number of nitrogens with one attached hydrogen (secondary N) is 2. The van der Waals surface area contributed by atoms with Gasteiger partial charge in [0.15, 0.2) is 17.6 Å². The molecule has 4 nitrogen and oxygen atoms in total. The maximum atomic E-state index is 13.6. The molecule has 0 amide bonds. The van der Waals surface area contributed by atoms with E-state index >= 15 is 0 Å². The zero-order valence-electron chi connectivity index (χ0n) is 13.7. The lowest BCUT2D eigenvalue weighted by molar-refractivity contribution is 0.232. The van der Waals surface area contributed by atoms with Crippen molar-refractivity contribution < 1.29 is 8.78 Å². The van der Waals surface area contributed by atoms with Crippen molar-refractivity contribution in [3.05, 3.63) is 35.4 Å². The van der Waals surface area contributed by atoms with Crippen molar-refractivity contribution in [3.8, 4) is 0 Å². The normalized spacial score (nSPS) is 16.4. The van der Waals surface area contributed by atoms with E-state index in [1.807, 2.05) is 0 Å². The molecular weight excluding hydrogens is 298 g/mol. The van der Waals surface area contributed by atoms with Crippen LogP contribution in [0.3, 0.4) is 0 Å². The van der Waals surface area contributed by atoms with Crippen LogP contribution < -0.4 is 10.6 Å². The Kier molecular flexibility index (Phi) is 7.26. The van der Waals surface area contributed by atoms with Crippen LogP contribution in [0.1, 0.15) is 24.8 Å². The Morgan fingerprint density at radius 3 is 2.61 bits per heavy atom. The average Bonchev–Trinajstić information content (AvgIpc) is 2.58. The number of nitrogens with zero attached hydrogens (tertiary/aromatic N) is 2. The molecule has 0 atom stereocenters. The van der Waals surface area contributed by atoms with Gasteiger partial charge in [0.05, 0.1) is 0 Å². The van der Waals surface area contributed by atoms with Crippen LogP contribution in [0, 0.1) is 11.6 Å². The van der Waals surface area contributed by atoms with E-state index in [1.165, 1.54) is 38.4 Å². The summed E-state index contributed by atoms with van der Waals surface area (Å²) in [5.74, 6) is -0.868. The first-order valence-corrected chi connectivity index (χ1v) is 8.30. The van der Waals surface area contributed by atoms with Crippen LogP contribution in [-0.4, -0.2) is 50.6 Å². The molecule has 0 saturated carbocycles. The first-order valence-electron chi connectivity index (χ1n) is 8.30. The minimum absolute atomic E-state index is 0.376.